The Balaban J connectivity index is 0.00000364. The maximum Gasteiger partial charge on any atom is 0.251 e. The van der Waals surface area contributed by atoms with Crippen molar-refractivity contribution in [1.82, 2.24) is 15.5 Å². The molecule has 0 fully saturated rings. The van der Waals surface area contributed by atoms with Crippen LogP contribution in [0.25, 0.3) is 0 Å². The molecule has 2 amide bonds. The number of rotatable bonds is 8. The Morgan fingerprint density at radius 1 is 0.893 bits per heavy atom. The molecular formula is C20H28Cl2N4O2. The largest absolute Gasteiger partial charge is 0.399 e. The van der Waals surface area contributed by atoms with Crippen molar-refractivity contribution in [1.29, 1.82) is 0 Å². The summed E-state index contributed by atoms with van der Waals surface area (Å²) in [5, 5.41) is 5.75. The molecule has 0 bridgehead atoms. The Kier molecular flexibility index (Phi) is 11.9. The average molecular weight is 427 g/mol. The molecule has 28 heavy (non-hydrogen) atoms. The highest BCUT2D eigenvalue weighted by Crippen LogP contribution is 2.07. The number of likely N-dealkylation sites (N-methyl/N-ethyl adjacent to an activating group) is 1. The van der Waals surface area contributed by atoms with Gasteiger partial charge in [-0.15, -0.1) is 24.8 Å². The molecule has 2 rings (SSSR count). The van der Waals surface area contributed by atoms with Crippen LogP contribution in [0.3, 0.4) is 0 Å². The van der Waals surface area contributed by atoms with Crippen LogP contribution < -0.4 is 16.4 Å². The van der Waals surface area contributed by atoms with E-state index in [1.165, 1.54) is 0 Å². The third kappa shape index (κ3) is 9.08. The molecule has 0 aliphatic carbocycles. The molecule has 0 atom stereocenters. The zero-order chi connectivity index (χ0) is 18.9. The highest BCUT2D eigenvalue weighted by atomic mass is 35.5. The van der Waals surface area contributed by atoms with Crippen LogP contribution in [-0.4, -0.2) is 43.9 Å². The van der Waals surface area contributed by atoms with Gasteiger partial charge in [0.05, 0.1) is 6.42 Å². The second-order valence-electron chi connectivity index (χ2n) is 6.45. The van der Waals surface area contributed by atoms with E-state index in [9.17, 15) is 9.59 Å². The van der Waals surface area contributed by atoms with Crippen LogP contribution in [0.5, 0.6) is 0 Å². The summed E-state index contributed by atoms with van der Waals surface area (Å²) in [4.78, 5) is 26.0. The van der Waals surface area contributed by atoms with Gasteiger partial charge in [0.2, 0.25) is 5.91 Å². The van der Waals surface area contributed by atoms with Gasteiger partial charge in [-0.2, -0.15) is 0 Å². The summed E-state index contributed by atoms with van der Waals surface area (Å²) in [6, 6.07) is 14.5. The molecule has 0 radical (unpaired) electrons. The minimum absolute atomic E-state index is 0. The Labute approximate surface area is 178 Å². The first-order valence-electron chi connectivity index (χ1n) is 8.57. The van der Waals surface area contributed by atoms with Crippen LogP contribution in [-0.2, 0) is 17.8 Å². The standard InChI is InChI=1S/C20H26N4O2.2ClH/c1-24(2)12-11-22-20(26)17-7-3-16(4-8-17)14-23-19(25)13-15-5-9-18(21)10-6-15;;/h3-10H,11-14,21H2,1-2H3,(H,22,26)(H,23,25);2*1H. The Morgan fingerprint density at radius 3 is 2.04 bits per heavy atom. The molecule has 0 aliphatic heterocycles. The number of carbonyl (C=O) groups excluding carboxylic acids is 2. The number of amides is 2. The number of nitrogen functional groups attached to an aromatic ring is 1. The smallest absolute Gasteiger partial charge is 0.251 e. The average Bonchev–Trinajstić information content (AvgIpc) is 2.62. The van der Waals surface area contributed by atoms with Crippen LogP contribution >= 0.6 is 24.8 Å². The number of hydrogen-bond acceptors (Lipinski definition) is 4. The van der Waals surface area contributed by atoms with E-state index in [4.69, 9.17) is 5.73 Å². The molecule has 2 aromatic rings. The topological polar surface area (TPSA) is 87.5 Å². The maximum absolute atomic E-state index is 12.0. The van der Waals surface area contributed by atoms with Gasteiger partial charge >= 0.3 is 0 Å². The van der Waals surface area contributed by atoms with E-state index < -0.39 is 0 Å². The fourth-order valence-corrected chi connectivity index (χ4v) is 2.35. The van der Waals surface area contributed by atoms with Crippen molar-refractivity contribution in [2.24, 2.45) is 0 Å². The van der Waals surface area contributed by atoms with Gasteiger partial charge < -0.3 is 21.3 Å². The molecule has 0 heterocycles. The molecule has 0 aliphatic rings. The summed E-state index contributed by atoms with van der Waals surface area (Å²) in [5.41, 5.74) is 8.79. The number of carbonyl (C=O) groups is 2. The normalized spacial score (nSPS) is 9.82. The van der Waals surface area contributed by atoms with Crippen molar-refractivity contribution in [3.05, 3.63) is 65.2 Å². The van der Waals surface area contributed by atoms with Crippen LogP contribution in [0.1, 0.15) is 21.5 Å². The minimum Gasteiger partial charge on any atom is -0.399 e. The van der Waals surface area contributed by atoms with Gasteiger partial charge in [-0.3, -0.25) is 9.59 Å². The first-order valence-corrected chi connectivity index (χ1v) is 8.57. The van der Waals surface area contributed by atoms with Gasteiger partial charge in [-0.1, -0.05) is 24.3 Å². The number of benzene rings is 2. The molecule has 0 spiro atoms. The molecule has 0 unspecified atom stereocenters. The van der Waals surface area contributed by atoms with Gasteiger partial charge in [0, 0.05) is 30.9 Å². The summed E-state index contributed by atoms with van der Waals surface area (Å²) < 4.78 is 0. The van der Waals surface area contributed by atoms with Crippen LogP contribution in [0.2, 0.25) is 0 Å². The number of hydrogen-bond donors (Lipinski definition) is 3. The molecule has 154 valence electrons. The lowest BCUT2D eigenvalue weighted by Crippen LogP contribution is -2.31. The highest BCUT2D eigenvalue weighted by molar-refractivity contribution is 5.94. The number of nitrogens with two attached hydrogens (primary N) is 1. The highest BCUT2D eigenvalue weighted by Gasteiger charge is 2.06. The zero-order valence-corrected chi connectivity index (χ0v) is 17.7. The summed E-state index contributed by atoms with van der Waals surface area (Å²) in [6.07, 6.45) is 0.312. The second kappa shape index (κ2) is 13.0. The van der Waals surface area contributed by atoms with E-state index in [-0.39, 0.29) is 36.6 Å². The fraction of sp³-hybridized carbons (Fsp3) is 0.300. The first-order chi connectivity index (χ1) is 12.4. The Morgan fingerprint density at radius 2 is 1.46 bits per heavy atom. The minimum atomic E-state index is -0.0919. The SMILES string of the molecule is CN(C)CCNC(=O)c1ccc(CNC(=O)Cc2ccc(N)cc2)cc1.Cl.Cl. The third-order valence-corrected chi connectivity index (χ3v) is 3.89. The number of anilines is 1. The molecule has 6 nitrogen and oxygen atoms in total. The molecule has 0 saturated carbocycles. The Bertz CT molecular complexity index is 735. The van der Waals surface area contributed by atoms with Gasteiger partial charge in [0.15, 0.2) is 0 Å². The summed E-state index contributed by atoms with van der Waals surface area (Å²) in [6.45, 7) is 1.83. The lowest BCUT2D eigenvalue weighted by atomic mass is 10.1. The van der Waals surface area contributed by atoms with Gasteiger partial charge in [-0.05, 0) is 49.5 Å². The monoisotopic (exact) mass is 426 g/mol. The van der Waals surface area contributed by atoms with Gasteiger partial charge in [0.25, 0.3) is 5.91 Å². The molecule has 0 saturated heterocycles. The van der Waals surface area contributed by atoms with Crippen LogP contribution in [0.4, 0.5) is 5.69 Å². The fourth-order valence-electron chi connectivity index (χ4n) is 2.35. The maximum atomic E-state index is 12.0. The quantitative estimate of drug-likeness (QED) is 0.564. The predicted molar refractivity (Wildman–Crippen MR) is 118 cm³/mol. The third-order valence-electron chi connectivity index (χ3n) is 3.89. The van der Waals surface area contributed by atoms with Crippen molar-refractivity contribution in [3.8, 4) is 0 Å². The van der Waals surface area contributed by atoms with Crippen LogP contribution in [0.15, 0.2) is 48.5 Å². The van der Waals surface area contributed by atoms with Crippen molar-refractivity contribution in [3.63, 3.8) is 0 Å². The zero-order valence-electron chi connectivity index (χ0n) is 16.1. The van der Waals surface area contributed by atoms with Crippen molar-refractivity contribution in [2.45, 2.75) is 13.0 Å². The van der Waals surface area contributed by atoms with Crippen molar-refractivity contribution >= 4 is 42.3 Å². The van der Waals surface area contributed by atoms with Crippen LogP contribution in [0, 0.1) is 0 Å². The number of nitrogens with one attached hydrogen (secondary N) is 2. The molecular weight excluding hydrogens is 399 g/mol. The molecule has 2 aromatic carbocycles. The summed E-state index contributed by atoms with van der Waals surface area (Å²) in [5.74, 6) is -0.147. The van der Waals surface area contributed by atoms with E-state index in [1.54, 1.807) is 24.3 Å². The van der Waals surface area contributed by atoms with Gasteiger partial charge in [-0.25, -0.2) is 0 Å². The summed E-state index contributed by atoms with van der Waals surface area (Å²) in [7, 11) is 3.92. The van der Waals surface area contributed by atoms with E-state index >= 15 is 0 Å². The van der Waals surface area contributed by atoms with E-state index in [1.807, 2.05) is 43.3 Å². The second-order valence-corrected chi connectivity index (χ2v) is 6.45. The number of nitrogens with zero attached hydrogens (tertiary/aromatic N) is 1. The Hall–Kier alpha value is -2.28. The molecule has 4 N–H and O–H groups in total. The lowest BCUT2D eigenvalue weighted by Gasteiger charge is -2.11. The van der Waals surface area contributed by atoms with E-state index in [2.05, 4.69) is 10.6 Å². The van der Waals surface area contributed by atoms with Crippen molar-refractivity contribution < 1.29 is 9.59 Å². The van der Waals surface area contributed by atoms with E-state index in [0.29, 0.717) is 30.8 Å². The van der Waals surface area contributed by atoms with E-state index in [0.717, 1.165) is 17.7 Å². The predicted octanol–water partition coefficient (Wildman–Crippen LogP) is 2.26. The number of halogens is 2. The lowest BCUT2D eigenvalue weighted by molar-refractivity contribution is -0.120. The van der Waals surface area contributed by atoms with Crippen molar-refractivity contribution in [2.75, 3.05) is 32.9 Å². The van der Waals surface area contributed by atoms with Gasteiger partial charge in [0.1, 0.15) is 0 Å². The first kappa shape index (κ1) is 25.7. The summed E-state index contributed by atoms with van der Waals surface area (Å²) >= 11 is 0. The molecule has 0 aromatic heterocycles. The molecule has 8 heteroatoms.